The minimum Gasteiger partial charge on any atom is -0.508 e. The number of fused-ring (bicyclic) bond motifs is 1. The fourth-order valence-electron chi connectivity index (χ4n) is 3.25. The first-order chi connectivity index (χ1) is 14.0. The zero-order valence-electron chi connectivity index (χ0n) is 17.2. The fraction of sp³-hybridized carbons (Fsp3) is 0.304. The van der Waals surface area contributed by atoms with Gasteiger partial charge in [0.25, 0.3) is 5.91 Å². The number of pyridine rings is 1. The van der Waals surface area contributed by atoms with E-state index in [4.69, 9.17) is 0 Å². The topological polar surface area (TPSA) is 77.5 Å². The molecule has 2 aromatic carbocycles. The van der Waals surface area contributed by atoms with Gasteiger partial charge in [-0.2, -0.15) is 0 Å². The number of rotatable bonds is 8. The molecule has 0 unspecified atom stereocenters. The molecular weight excluding hydrogens is 364 g/mol. The number of phenols is 1. The molecule has 3 rings (SSSR count). The summed E-state index contributed by atoms with van der Waals surface area (Å²) in [5.74, 6) is 0.102. The van der Waals surface area contributed by atoms with E-state index in [1.54, 1.807) is 18.3 Å². The summed E-state index contributed by atoms with van der Waals surface area (Å²) in [5.41, 5.74) is 4.18. The van der Waals surface area contributed by atoms with Crippen molar-refractivity contribution in [3.63, 3.8) is 0 Å². The Hall–Kier alpha value is -3.12. The van der Waals surface area contributed by atoms with Gasteiger partial charge in [-0.15, -0.1) is 0 Å². The highest BCUT2D eigenvalue weighted by Gasteiger charge is 2.15. The summed E-state index contributed by atoms with van der Waals surface area (Å²) >= 11 is 0. The predicted molar refractivity (Wildman–Crippen MR) is 119 cm³/mol. The van der Waals surface area contributed by atoms with E-state index in [0.717, 1.165) is 47.2 Å². The molecule has 0 aliphatic rings. The SMILES string of the molecule is CCNC(=O)c1cnc2ccc(-c3ccc(O)cc3)cc2c1NCCCN(C)C. The summed E-state index contributed by atoms with van der Waals surface area (Å²) in [5, 5.41) is 16.8. The van der Waals surface area contributed by atoms with E-state index in [9.17, 15) is 9.90 Å². The molecule has 3 N–H and O–H groups in total. The maximum Gasteiger partial charge on any atom is 0.254 e. The van der Waals surface area contributed by atoms with E-state index < -0.39 is 0 Å². The Morgan fingerprint density at radius 3 is 2.52 bits per heavy atom. The van der Waals surface area contributed by atoms with Crippen LogP contribution in [0.15, 0.2) is 48.7 Å². The molecular formula is C23H28N4O2. The summed E-state index contributed by atoms with van der Waals surface area (Å²) in [6.07, 6.45) is 2.60. The Morgan fingerprint density at radius 1 is 1.10 bits per heavy atom. The summed E-state index contributed by atoms with van der Waals surface area (Å²) in [4.78, 5) is 19.3. The van der Waals surface area contributed by atoms with Crippen LogP contribution in [0.4, 0.5) is 5.69 Å². The van der Waals surface area contributed by atoms with Gasteiger partial charge in [0.15, 0.2) is 0 Å². The third kappa shape index (κ3) is 5.03. The Morgan fingerprint density at radius 2 is 1.83 bits per heavy atom. The average Bonchev–Trinajstić information content (AvgIpc) is 2.71. The Balaban J connectivity index is 2.03. The lowest BCUT2D eigenvalue weighted by Crippen LogP contribution is -2.24. The molecule has 3 aromatic rings. The van der Waals surface area contributed by atoms with Crippen molar-refractivity contribution < 1.29 is 9.90 Å². The van der Waals surface area contributed by atoms with E-state index in [2.05, 4.69) is 20.5 Å². The van der Waals surface area contributed by atoms with Crippen LogP contribution in [0, 0.1) is 0 Å². The van der Waals surface area contributed by atoms with Crippen molar-refractivity contribution in [2.75, 3.05) is 39.0 Å². The summed E-state index contributed by atoms with van der Waals surface area (Å²) in [6, 6.07) is 13.1. The van der Waals surface area contributed by atoms with E-state index in [1.165, 1.54) is 0 Å². The fourth-order valence-corrected chi connectivity index (χ4v) is 3.25. The second kappa shape index (κ2) is 9.39. The lowest BCUT2D eigenvalue weighted by molar-refractivity contribution is 0.0956. The number of aromatic hydroxyl groups is 1. The first-order valence-corrected chi connectivity index (χ1v) is 9.88. The number of carbonyl (C=O) groups excluding carboxylic acids is 1. The van der Waals surface area contributed by atoms with Crippen LogP contribution in [0.1, 0.15) is 23.7 Å². The van der Waals surface area contributed by atoms with Crippen LogP contribution in [-0.4, -0.2) is 54.6 Å². The number of hydrogen-bond acceptors (Lipinski definition) is 5. The number of anilines is 1. The second-order valence-corrected chi connectivity index (χ2v) is 7.27. The molecule has 0 spiro atoms. The third-order valence-electron chi connectivity index (χ3n) is 4.73. The molecule has 152 valence electrons. The van der Waals surface area contributed by atoms with Crippen LogP contribution in [0.2, 0.25) is 0 Å². The molecule has 1 heterocycles. The van der Waals surface area contributed by atoms with Crippen molar-refractivity contribution in [2.45, 2.75) is 13.3 Å². The number of nitrogens with one attached hydrogen (secondary N) is 2. The largest absolute Gasteiger partial charge is 0.508 e. The van der Waals surface area contributed by atoms with Gasteiger partial charge in [-0.1, -0.05) is 18.2 Å². The zero-order chi connectivity index (χ0) is 20.8. The molecule has 0 atom stereocenters. The molecule has 0 saturated carbocycles. The van der Waals surface area contributed by atoms with Gasteiger partial charge in [0.1, 0.15) is 5.75 Å². The highest BCUT2D eigenvalue weighted by molar-refractivity contribution is 6.07. The summed E-state index contributed by atoms with van der Waals surface area (Å²) < 4.78 is 0. The van der Waals surface area contributed by atoms with E-state index in [1.807, 2.05) is 51.4 Å². The van der Waals surface area contributed by atoms with Gasteiger partial charge in [0.2, 0.25) is 0 Å². The van der Waals surface area contributed by atoms with Crippen LogP contribution < -0.4 is 10.6 Å². The van der Waals surface area contributed by atoms with E-state index in [-0.39, 0.29) is 11.7 Å². The van der Waals surface area contributed by atoms with Crippen molar-refractivity contribution in [2.24, 2.45) is 0 Å². The van der Waals surface area contributed by atoms with Crippen molar-refractivity contribution in [1.82, 2.24) is 15.2 Å². The highest BCUT2D eigenvalue weighted by Crippen LogP contribution is 2.31. The van der Waals surface area contributed by atoms with Gasteiger partial charge < -0.3 is 20.6 Å². The van der Waals surface area contributed by atoms with Crippen molar-refractivity contribution in [3.8, 4) is 16.9 Å². The minimum atomic E-state index is -0.132. The normalized spacial score (nSPS) is 11.0. The van der Waals surface area contributed by atoms with Crippen molar-refractivity contribution in [1.29, 1.82) is 0 Å². The number of phenolic OH excluding ortho intramolecular Hbond substituents is 1. The smallest absolute Gasteiger partial charge is 0.254 e. The average molecular weight is 393 g/mol. The predicted octanol–water partition coefficient (Wildman–Crippen LogP) is 3.72. The maximum atomic E-state index is 12.6. The third-order valence-corrected chi connectivity index (χ3v) is 4.73. The van der Waals surface area contributed by atoms with E-state index in [0.29, 0.717) is 12.1 Å². The first kappa shape index (κ1) is 20.6. The molecule has 0 radical (unpaired) electrons. The quantitative estimate of drug-likeness (QED) is 0.509. The molecule has 0 bridgehead atoms. The van der Waals surface area contributed by atoms with Crippen LogP contribution in [0.25, 0.3) is 22.0 Å². The number of aromatic nitrogens is 1. The molecule has 0 aliphatic carbocycles. The molecule has 1 aromatic heterocycles. The maximum absolute atomic E-state index is 12.6. The van der Waals surface area contributed by atoms with Gasteiger partial charge in [-0.25, -0.2) is 0 Å². The Labute approximate surface area is 171 Å². The van der Waals surface area contributed by atoms with Gasteiger partial charge in [-0.05, 0) is 69.4 Å². The molecule has 0 fully saturated rings. The van der Waals surface area contributed by atoms with Crippen LogP contribution >= 0.6 is 0 Å². The highest BCUT2D eigenvalue weighted by atomic mass is 16.3. The standard InChI is InChI=1S/C23H28N4O2/c1-4-24-23(29)20-15-26-21-11-8-17(16-6-9-18(28)10-7-16)14-19(21)22(20)25-12-5-13-27(2)3/h6-11,14-15,28H,4-5,12-13H2,1-3H3,(H,24,29)(H,25,26). The second-order valence-electron chi connectivity index (χ2n) is 7.27. The Kier molecular flexibility index (Phi) is 6.67. The summed E-state index contributed by atoms with van der Waals surface area (Å²) in [6.45, 7) is 4.18. The lowest BCUT2D eigenvalue weighted by Gasteiger charge is -2.16. The van der Waals surface area contributed by atoms with Gasteiger partial charge >= 0.3 is 0 Å². The van der Waals surface area contributed by atoms with E-state index >= 15 is 0 Å². The van der Waals surface area contributed by atoms with Crippen molar-refractivity contribution >= 4 is 22.5 Å². The zero-order valence-corrected chi connectivity index (χ0v) is 17.2. The number of amides is 1. The first-order valence-electron chi connectivity index (χ1n) is 9.88. The molecule has 0 saturated heterocycles. The number of carbonyl (C=O) groups is 1. The monoisotopic (exact) mass is 392 g/mol. The lowest BCUT2D eigenvalue weighted by atomic mass is 10.0. The number of hydrogen-bond donors (Lipinski definition) is 3. The Bertz CT molecular complexity index is 984. The van der Waals surface area contributed by atoms with Crippen LogP contribution in [0.5, 0.6) is 5.75 Å². The van der Waals surface area contributed by atoms with Gasteiger partial charge in [0, 0.05) is 24.7 Å². The summed E-state index contributed by atoms with van der Waals surface area (Å²) in [7, 11) is 4.10. The molecule has 0 aliphatic heterocycles. The molecule has 1 amide bonds. The minimum absolute atomic E-state index is 0.132. The molecule has 6 heteroatoms. The van der Waals surface area contributed by atoms with Crippen LogP contribution in [-0.2, 0) is 0 Å². The van der Waals surface area contributed by atoms with Crippen molar-refractivity contribution in [3.05, 3.63) is 54.2 Å². The van der Waals surface area contributed by atoms with Gasteiger partial charge in [0.05, 0.1) is 16.8 Å². The molecule has 29 heavy (non-hydrogen) atoms. The molecule has 6 nitrogen and oxygen atoms in total. The number of nitrogens with zero attached hydrogens (tertiary/aromatic N) is 2. The van der Waals surface area contributed by atoms with Crippen LogP contribution in [0.3, 0.4) is 0 Å². The van der Waals surface area contributed by atoms with Gasteiger partial charge in [-0.3, -0.25) is 9.78 Å². The number of benzene rings is 2.